The second kappa shape index (κ2) is 8.47. The maximum Gasteiger partial charge on any atom is 0.239 e. The molecular formula is C18H24ClN5O. The first-order valence-corrected chi connectivity index (χ1v) is 9.07. The van der Waals surface area contributed by atoms with Crippen LogP contribution in [0.1, 0.15) is 24.9 Å². The summed E-state index contributed by atoms with van der Waals surface area (Å²) in [6.07, 6.45) is 2.68. The zero-order valence-electron chi connectivity index (χ0n) is 14.4. The number of carbonyl (C=O) groups excluding carboxylic acids is 1. The normalized spacial score (nSPS) is 18.2. The molecule has 1 aliphatic heterocycles. The minimum absolute atomic E-state index is 0.0215. The van der Waals surface area contributed by atoms with Crippen LogP contribution in [0.5, 0.6) is 0 Å². The molecule has 1 aliphatic rings. The summed E-state index contributed by atoms with van der Waals surface area (Å²) in [6.45, 7) is 5.72. The Labute approximate surface area is 153 Å². The van der Waals surface area contributed by atoms with Crippen molar-refractivity contribution in [2.24, 2.45) is 0 Å². The van der Waals surface area contributed by atoms with Crippen LogP contribution in [0, 0.1) is 0 Å². The molecule has 0 saturated carbocycles. The molecule has 134 valence electrons. The number of halogens is 1. The fourth-order valence-electron chi connectivity index (χ4n) is 3.17. The van der Waals surface area contributed by atoms with Crippen molar-refractivity contribution in [3.05, 3.63) is 47.1 Å². The minimum atomic E-state index is -0.0215. The number of nitrogens with zero attached hydrogens (tertiary/aromatic N) is 3. The molecule has 0 radical (unpaired) electrons. The molecule has 2 aromatic rings. The van der Waals surface area contributed by atoms with E-state index in [-0.39, 0.29) is 11.9 Å². The molecule has 1 atom stereocenters. The summed E-state index contributed by atoms with van der Waals surface area (Å²) < 4.78 is 1.82. The van der Waals surface area contributed by atoms with Crippen LogP contribution >= 0.6 is 11.6 Å². The van der Waals surface area contributed by atoms with Crippen molar-refractivity contribution < 1.29 is 4.79 Å². The zero-order valence-corrected chi connectivity index (χ0v) is 15.2. The Balaban J connectivity index is 1.67. The van der Waals surface area contributed by atoms with Gasteiger partial charge in [0.1, 0.15) is 5.82 Å². The van der Waals surface area contributed by atoms with Gasteiger partial charge in [0.25, 0.3) is 0 Å². The number of aryl methyl sites for hydroxylation is 1. The van der Waals surface area contributed by atoms with Crippen LogP contribution in [0.3, 0.4) is 0 Å². The third-order valence-electron chi connectivity index (χ3n) is 4.35. The van der Waals surface area contributed by atoms with Gasteiger partial charge < -0.3 is 10.6 Å². The number of amides is 1. The van der Waals surface area contributed by atoms with Gasteiger partial charge in [-0.2, -0.15) is 5.10 Å². The van der Waals surface area contributed by atoms with E-state index >= 15 is 0 Å². The Hall–Kier alpha value is -1.89. The van der Waals surface area contributed by atoms with Crippen LogP contribution in [-0.2, 0) is 11.3 Å². The van der Waals surface area contributed by atoms with Gasteiger partial charge in [0.15, 0.2) is 0 Å². The first-order valence-electron chi connectivity index (χ1n) is 8.69. The molecule has 1 aromatic carbocycles. The van der Waals surface area contributed by atoms with Crippen molar-refractivity contribution in [2.45, 2.75) is 25.9 Å². The van der Waals surface area contributed by atoms with Gasteiger partial charge in [-0.1, -0.05) is 30.7 Å². The number of piperazine rings is 1. The topological polar surface area (TPSA) is 62.2 Å². The number of benzene rings is 1. The molecular weight excluding hydrogens is 338 g/mol. The predicted octanol–water partition coefficient (Wildman–Crippen LogP) is 2.53. The average molecular weight is 362 g/mol. The lowest BCUT2D eigenvalue weighted by Gasteiger charge is -2.36. The molecule has 1 saturated heterocycles. The number of hydrogen-bond donors (Lipinski definition) is 2. The van der Waals surface area contributed by atoms with Gasteiger partial charge in [0.2, 0.25) is 5.91 Å². The third-order valence-corrected chi connectivity index (χ3v) is 4.59. The smallest absolute Gasteiger partial charge is 0.239 e. The van der Waals surface area contributed by atoms with Crippen LogP contribution in [-0.4, -0.2) is 46.8 Å². The summed E-state index contributed by atoms with van der Waals surface area (Å²) in [5.41, 5.74) is 1.13. The standard InChI is InChI=1S/C18H24ClN5O/c1-2-9-24-17(6-7-21-24)22-18(25)13-23-10-8-20-12-16(23)14-4-3-5-15(19)11-14/h3-7,11,16,20H,2,8-10,12-13H2,1H3,(H,22,25). The largest absolute Gasteiger partial charge is 0.314 e. The first kappa shape index (κ1) is 17.9. The van der Waals surface area contributed by atoms with Gasteiger partial charge in [0, 0.05) is 43.3 Å². The summed E-state index contributed by atoms with van der Waals surface area (Å²) in [4.78, 5) is 14.7. The van der Waals surface area contributed by atoms with E-state index in [9.17, 15) is 4.79 Å². The number of aromatic nitrogens is 2. The maximum absolute atomic E-state index is 12.5. The predicted molar refractivity (Wildman–Crippen MR) is 99.8 cm³/mol. The molecule has 25 heavy (non-hydrogen) atoms. The lowest BCUT2D eigenvalue weighted by molar-refractivity contribution is -0.118. The van der Waals surface area contributed by atoms with Gasteiger partial charge in [-0.05, 0) is 24.1 Å². The number of hydrogen-bond acceptors (Lipinski definition) is 4. The Morgan fingerprint density at radius 3 is 3.12 bits per heavy atom. The summed E-state index contributed by atoms with van der Waals surface area (Å²) in [5.74, 6) is 0.730. The highest BCUT2D eigenvalue weighted by molar-refractivity contribution is 6.30. The van der Waals surface area contributed by atoms with Gasteiger partial charge in [-0.3, -0.25) is 9.69 Å². The Bertz CT molecular complexity index is 717. The van der Waals surface area contributed by atoms with E-state index in [0.717, 1.165) is 49.0 Å². The molecule has 0 bridgehead atoms. The van der Waals surface area contributed by atoms with E-state index < -0.39 is 0 Å². The van der Waals surface area contributed by atoms with Gasteiger partial charge in [-0.25, -0.2) is 4.68 Å². The second-order valence-electron chi connectivity index (χ2n) is 6.23. The third kappa shape index (κ3) is 4.60. The van der Waals surface area contributed by atoms with E-state index in [1.807, 2.05) is 28.9 Å². The van der Waals surface area contributed by atoms with Crippen molar-refractivity contribution in [3.8, 4) is 0 Å². The van der Waals surface area contributed by atoms with E-state index in [1.165, 1.54) is 0 Å². The maximum atomic E-state index is 12.5. The van der Waals surface area contributed by atoms with E-state index in [1.54, 1.807) is 6.20 Å². The van der Waals surface area contributed by atoms with Crippen LogP contribution in [0.15, 0.2) is 36.5 Å². The molecule has 2 N–H and O–H groups in total. The zero-order chi connectivity index (χ0) is 17.6. The first-order chi connectivity index (χ1) is 12.2. The Morgan fingerprint density at radius 2 is 2.32 bits per heavy atom. The van der Waals surface area contributed by atoms with Crippen LogP contribution in [0.25, 0.3) is 0 Å². The average Bonchev–Trinajstić information content (AvgIpc) is 3.02. The molecule has 1 amide bonds. The molecule has 7 heteroatoms. The van der Waals surface area contributed by atoms with Crippen LogP contribution in [0.2, 0.25) is 5.02 Å². The summed E-state index contributed by atoms with van der Waals surface area (Å²) in [6, 6.07) is 9.82. The van der Waals surface area contributed by atoms with Crippen LogP contribution < -0.4 is 10.6 Å². The number of rotatable bonds is 6. The molecule has 1 fully saturated rings. The summed E-state index contributed by atoms with van der Waals surface area (Å²) in [7, 11) is 0. The highest BCUT2D eigenvalue weighted by Crippen LogP contribution is 2.24. The molecule has 0 spiro atoms. The van der Waals surface area contributed by atoms with Crippen molar-refractivity contribution >= 4 is 23.3 Å². The van der Waals surface area contributed by atoms with Gasteiger partial charge in [-0.15, -0.1) is 0 Å². The second-order valence-corrected chi connectivity index (χ2v) is 6.67. The molecule has 2 heterocycles. The van der Waals surface area contributed by atoms with Crippen molar-refractivity contribution in [2.75, 3.05) is 31.5 Å². The number of nitrogens with one attached hydrogen (secondary N) is 2. The Kier molecular flexibility index (Phi) is 6.07. The van der Waals surface area contributed by atoms with E-state index in [4.69, 9.17) is 11.6 Å². The van der Waals surface area contributed by atoms with Crippen molar-refractivity contribution in [1.29, 1.82) is 0 Å². The van der Waals surface area contributed by atoms with Crippen molar-refractivity contribution in [1.82, 2.24) is 20.0 Å². The Morgan fingerprint density at radius 1 is 1.44 bits per heavy atom. The molecule has 0 aliphatic carbocycles. The summed E-state index contributed by atoms with van der Waals surface area (Å²) >= 11 is 6.13. The monoisotopic (exact) mass is 361 g/mol. The van der Waals surface area contributed by atoms with E-state index in [2.05, 4.69) is 33.6 Å². The highest BCUT2D eigenvalue weighted by Gasteiger charge is 2.25. The minimum Gasteiger partial charge on any atom is -0.314 e. The molecule has 1 unspecified atom stereocenters. The van der Waals surface area contributed by atoms with Crippen molar-refractivity contribution in [3.63, 3.8) is 0 Å². The molecule has 1 aromatic heterocycles. The highest BCUT2D eigenvalue weighted by atomic mass is 35.5. The lowest BCUT2D eigenvalue weighted by atomic mass is 10.0. The fraction of sp³-hybridized carbons (Fsp3) is 0.444. The van der Waals surface area contributed by atoms with Gasteiger partial charge >= 0.3 is 0 Å². The SMILES string of the molecule is CCCn1nccc1NC(=O)CN1CCNCC1c1cccc(Cl)c1. The summed E-state index contributed by atoms with van der Waals surface area (Å²) in [5, 5.41) is 11.3. The van der Waals surface area contributed by atoms with Crippen LogP contribution in [0.4, 0.5) is 5.82 Å². The molecule has 3 rings (SSSR count). The fourth-order valence-corrected chi connectivity index (χ4v) is 3.37. The quantitative estimate of drug-likeness (QED) is 0.830. The number of anilines is 1. The van der Waals surface area contributed by atoms with Gasteiger partial charge in [0.05, 0.1) is 12.7 Å². The van der Waals surface area contributed by atoms with E-state index in [0.29, 0.717) is 6.54 Å². The lowest BCUT2D eigenvalue weighted by Crippen LogP contribution is -2.48. The molecule has 6 nitrogen and oxygen atoms in total. The number of carbonyl (C=O) groups is 1.